The summed E-state index contributed by atoms with van der Waals surface area (Å²) < 4.78 is 2.63. The van der Waals surface area contributed by atoms with Crippen LogP contribution in [0.25, 0.3) is 11.4 Å². The number of aromatic hydroxyl groups is 1. The van der Waals surface area contributed by atoms with Crippen molar-refractivity contribution in [1.29, 1.82) is 0 Å². The van der Waals surface area contributed by atoms with E-state index in [-0.39, 0.29) is 17.4 Å². The lowest BCUT2D eigenvalue weighted by Crippen LogP contribution is -2.48. The highest BCUT2D eigenvalue weighted by molar-refractivity contribution is 9.10. The van der Waals surface area contributed by atoms with Gasteiger partial charge < -0.3 is 15.0 Å². The maximum atomic E-state index is 12.6. The number of halogens is 1. The van der Waals surface area contributed by atoms with Gasteiger partial charge in [-0.15, -0.1) is 10.2 Å². The smallest absolute Gasteiger partial charge is 0.234 e. The number of thioether (sulfide) groups is 1. The third kappa shape index (κ3) is 4.40. The van der Waals surface area contributed by atoms with Crippen LogP contribution in [0.5, 0.6) is 5.75 Å². The predicted octanol–water partition coefficient (Wildman–Crippen LogP) is 6.15. The van der Waals surface area contributed by atoms with Crippen molar-refractivity contribution in [2.75, 3.05) is 11.1 Å². The molecule has 0 spiro atoms. The van der Waals surface area contributed by atoms with E-state index in [1.807, 2.05) is 7.05 Å². The minimum absolute atomic E-state index is 0.0765. The van der Waals surface area contributed by atoms with Crippen LogP contribution in [0.2, 0.25) is 0 Å². The lowest BCUT2D eigenvalue weighted by atomic mass is 9.48. The molecule has 0 saturated heterocycles. The molecule has 0 aliphatic heterocycles. The molecule has 3 aromatic rings. The molecule has 1 amide bonds. The number of phenolic OH excluding ortho intramolecular Hbond substituents is 1. The van der Waals surface area contributed by atoms with Crippen molar-refractivity contribution in [2.24, 2.45) is 24.8 Å². The number of carbonyl (C=O) groups is 1. The molecule has 4 aliphatic rings. The topological polar surface area (TPSA) is 80.0 Å². The number of nitrogens with one attached hydrogen (secondary N) is 1. The molecule has 0 radical (unpaired) electrons. The summed E-state index contributed by atoms with van der Waals surface area (Å²) >= 11 is 4.75. The van der Waals surface area contributed by atoms with Crippen LogP contribution in [0.15, 0.2) is 52.1 Å². The van der Waals surface area contributed by atoms with Crippen molar-refractivity contribution in [2.45, 2.75) is 49.1 Å². The Balaban J connectivity index is 1.08. The first-order valence-electron chi connectivity index (χ1n) is 12.3. The number of hydrogen-bond acceptors (Lipinski definition) is 5. The quantitative estimate of drug-likeness (QED) is 0.358. The van der Waals surface area contributed by atoms with Crippen molar-refractivity contribution >= 4 is 39.3 Å². The Kier molecular flexibility index (Phi) is 5.92. The summed E-state index contributed by atoms with van der Waals surface area (Å²) in [4.78, 5) is 12.6. The molecule has 0 unspecified atom stereocenters. The van der Waals surface area contributed by atoms with E-state index in [2.05, 4.69) is 55.7 Å². The highest BCUT2D eigenvalue weighted by Gasteiger charge is 2.51. The monoisotopic (exact) mass is 552 g/mol. The van der Waals surface area contributed by atoms with Gasteiger partial charge in [0, 0.05) is 17.2 Å². The van der Waals surface area contributed by atoms with Crippen LogP contribution in [0, 0.1) is 17.8 Å². The van der Waals surface area contributed by atoms with Crippen LogP contribution >= 0.6 is 27.7 Å². The molecule has 4 saturated carbocycles. The van der Waals surface area contributed by atoms with Gasteiger partial charge in [0.25, 0.3) is 0 Å². The van der Waals surface area contributed by atoms with Crippen LogP contribution in [0.4, 0.5) is 5.69 Å². The van der Waals surface area contributed by atoms with Crippen LogP contribution in [0.3, 0.4) is 0 Å². The van der Waals surface area contributed by atoms with Crippen LogP contribution in [-0.4, -0.2) is 31.5 Å². The summed E-state index contributed by atoms with van der Waals surface area (Å²) in [6.45, 7) is 0. The Morgan fingerprint density at radius 3 is 2.40 bits per heavy atom. The predicted molar refractivity (Wildman–Crippen MR) is 141 cm³/mol. The van der Waals surface area contributed by atoms with E-state index >= 15 is 0 Å². The Morgan fingerprint density at radius 1 is 1.09 bits per heavy atom. The van der Waals surface area contributed by atoms with Gasteiger partial charge in [-0.1, -0.05) is 39.8 Å². The first kappa shape index (κ1) is 23.1. The Morgan fingerprint density at radius 2 is 1.74 bits per heavy atom. The van der Waals surface area contributed by atoms with Gasteiger partial charge in [-0.25, -0.2) is 0 Å². The lowest BCUT2D eigenvalue weighted by molar-refractivity contribution is -0.113. The minimum Gasteiger partial charge on any atom is -0.507 e. The summed E-state index contributed by atoms with van der Waals surface area (Å²) in [6.07, 6.45) is 8.38. The molecule has 4 aliphatic carbocycles. The van der Waals surface area contributed by atoms with Gasteiger partial charge in [0.2, 0.25) is 5.91 Å². The van der Waals surface area contributed by atoms with Gasteiger partial charge in [-0.2, -0.15) is 0 Å². The molecule has 182 valence electrons. The standard InChI is InChI=1S/C27H29BrN4O2S/c1-32-25(22-11-20(28)4-7-23(22)33)30-31-26(32)35-15-24(34)29-21-5-2-19(3-6-21)27-12-16-8-17(13-27)10-18(9-16)14-27/h2-7,11,16-18,33H,8-10,12-15H2,1H3,(H,29,34). The number of amides is 1. The van der Waals surface area contributed by atoms with Gasteiger partial charge in [0.15, 0.2) is 11.0 Å². The molecule has 4 fully saturated rings. The molecule has 35 heavy (non-hydrogen) atoms. The number of anilines is 1. The maximum Gasteiger partial charge on any atom is 0.234 e. The third-order valence-electron chi connectivity index (χ3n) is 8.19. The lowest BCUT2D eigenvalue weighted by Gasteiger charge is -2.57. The Hall–Kier alpha value is -2.32. The highest BCUT2D eigenvalue weighted by atomic mass is 79.9. The van der Waals surface area contributed by atoms with E-state index in [1.54, 1.807) is 22.8 Å². The largest absolute Gasteiger partial charge is 0.507 e. The second-order valence-corrected chi connectivity index (χ2v) is 12.5. The van der Waals surface area contributed by atoms with E-state index in [0.29, 0.717) is 22.0 Å². The number of hydrogen-bond donors (Lipinski definition) is 2. The number of phenols is 1. The van der Waals surface area contributed by atoms with Crippen LogP contribution in [-0.2, 0) is 17.3 Å². The maximum absolute atomic E-state index is 12.6. The van der Waals surface area contributed by atoms with Gasteiger partial charge in [-0.05, 0) is 97.6 Å². The third-order valence-corrected chi connectivity index (χ3v) is 9.70. The number of nitrogens with zero attached hydrogens (tertiary/aromatic N) is 3. The van der Waals surface area contributed by atoms with Crippen LogP contribution < -0.4 is 5.32 Å². The van der Waals surface area contributed by atoms with Gasteiger partial charge in [0.05, 0.1) is 11.3 Å². The summed E-state index contributed by atoms with van der Waals surface area (Å²) in [5.74, 6) is 3.60. The summed E-state index contributed by atoms with van der Waals surface area (Å²) in [5.41, 5.74) is 3.26. The summed E-state index contributed by atoms with van der Waals surface area (Å²) in [5, 5.41) is 22.3. The fraction of sp³-hybridized carbons (Fsp3) is 0.444. The second-order valence-electron chi connectivity index (χ2n) is 10.6. The zero-order valence-electron chi connectivity index (χ0n) is 19.7. The molecule has 1 aromatic heterocycles. The summed E-state index contributed by atoms with van der Waals surface area (Å²) in [7, 11) is 1.83. The van der Waals surface area contributed by atoms with Crippen molar-refractivity contribution in [1.82, 2.24) is 14.8 Å². The van der Waals surface area contributed by atoms with E-state index in [0.717, 1.165) is 27.9 Å². The van der Waals surface area contributed by atoms with Gasteiger partial charge in [-0.3, -0.25) is 4.79 Å². The number of benzene rings is 2. The van der Waals surface area contributed by atoms with Crippen molar-refractivity contribution in [3.63, 3.8) is 0 Å². The average Bonchev–Trinajstić information content (AvgIpc) is 3.19. The molecule has 7 rings (SSSR count). The zero-order chi connectivity index (χ0) is 24.2. The van der Waals surface area contributed by atoms with Crippen molar-refractivity contribution in [3.8, 4) is 17.1 Å². The van der Waals surface area contributed by atoms with Crippen molar-refractivity contribution in [3.05, 3.63) is 52.5 Å². The second kappa shape index (κ2) is 8.96. The first-order chi connectivity index (χ1) is 16.9. The van der Waals surface area contributed by atoms with E-state index in [9.17, 15) is 9.90 Å². The highest BCUT2D eigenvalue weighted by Crippen LogP contribution is 2.60. The van der Waals surface area contributed by atoms with Crippen LogP contribution in [0.1, 0.15) is 44.1 Å². The Labute approximate surface area is 218 Å². The van der Waals surface area contributed by atoms with Gasteiger partial charge >= 0.3 is 0 Å². The fourth-order valence-electron chi connectivity index (χ4n) is 7.06. The summed E-state index contributed by atoms with van der Waals surface area (Å²) in [6, 6.07) is 13.8. The number of carbonyl (C=O) groups excluding carboxylic acids is 1. The molecular weight excluding hydrogens is 524 g/mol. The SMILES string of the molecule is Cn1c(SCC(=O)Nc2ccc(C34CC5CC(CC(C5)C3)C4)cc2)nnc1-c1cc(Br)ccc1O. The molecule has 2 N–H and O–H groups in total. The van der Waals surface area contributed by atoms with Gasteiger partial charge in [0.1, 0.15) is 5.75 Å². The van der Waals surface area contributed by atoms with Crippen molar-refractivity contribution < 1.29 is 9.90 Å². The molecule has 0 atom stereocenters. The first-order valence-corrected chi connectivity index (χ1v) is 14.1. The average molecular weight is 554 g/mol. The Bertz CT molecular complexity index is 1240. The molecule has 4 bridgehead atoms. The number of aromatic nitrogens is 3. The molecular formula is C27H29BrN4O2S. The molecule has 2 aromatic carbocycles. The molecule has 8 heteroatoms. The van der Waals surface area contributed by atoms with E-state index < -0.39 is 0 Å². The molecule has 6 nitrogen and oxygen atoms in total. The minimum atomic E-state index is -0.0765. The fourth-order valence-corrected chi connectivity index (χ4v) is 8.13. The number of rotatable bonds is 6. The zero-order valence-corrected chi connectivity index (χ0v) is 22.1. The van der Waals surface area contributed by atoms with E-state index in [4.69, 9.17) is 0 Å². The normalized spacial score (nSPS) is 26.7. The molecule has 1 heterocycles. The van der Waals surface area contributed by atoms with E-state index in [1.165, 1.54) is 55.9 Å².